The summed E-state index contributed by atoms with van der Waals surface area (Å²) in [6.45, 7) is 3.14. The standard InChI is InChI=1S/C11H20N4O/c1-8(12-2)11-13-10(14-16-11)9-6-4-5-7-15(9)3/h8-9,12H,4-7H2,1-3H3. The van der Waals surface area contributed by atoms with Gasteiger partial charge in [-0.25, -0.2) is 0 Å². The molecule has 5 nitrogen and oxygen atoms in total. The van der Waals surface area contributed by atoms with Crippen molar-refractivity contribution in [1.29, 1.82) is 0 Å². The Labute approximate surface area is 96.2 Å². The van der Waals surface area contributed by atoms with E-state index in [1.165, 1.54) is 12.8 Å². The monoisotopic (exact) mass is 224 g/mol. The lowest BCUT2D eigenvalue weighted by atomic mass is 10.0. The molecule has 1 aliphatic heterocycles. The van der Waals surface area contributed by atoms with E-state index in [0.29, 0.717) is 11.9 Å². The summed E-state index contributed by atoms with van der Waals surface area (Å²) in [6, 6.07) is 0.449. The van der Waals surface area contributed by atoms with Crippen LogP contribution in [0.25, 0.3) is 0 Å². The topological polar surface area (TPSA) is 54.2 Å². The molecule has 0 spiro atoms. The zero-order valence-corrected chi connectivity index (χ0v) is 10.2. The van der Waals surface area contributed by atoms with Crippen molar-refractivity contribution in [3.05, 3.63) is 11.7 Å². The third-order valence-corrected chi connectivity index (χ3v) is 3.33. The molecular formula is C11H20N4O. The second kappa shape index (κ2) is 4.93. The Morgan fingerprint density at radius 1 is 1.50 bits per heavy atom. The van der Waals surface area contributed by atoms with Crippen LogP contribution < -0.4 is 5.32 Å². The van der Waals surface area contributed by atoms with E-state index in [2.05, 4.69) is 27.4 Å². The molecule has 1 N–H and O–H groups in total. The number of aromatic nitrogens is 2. The molecule has 0 saturated carbocycles. The molecule has 0 radical (unpaired) electrons. The van der Waals surface area contributed by atoms with Gasteiger partial charge in [0.05, 0.1) is 12.1 Å². The summed E-state index contributed by atoms with van der Waals surface area (Å²) in [5.41, 5.74) is 0. The van der Waals surface area contributed by atoms with Crippen LogP contribution in [0.3, 0.4) is 0 Å². The molecule has 2 unspecified atom stereocenters. The van der Waals surface area contributed by atoms with Gasteiger partial charge in [-0.3, -0.25) is 4.90 Å². The number of nitrogens with one attached hydrogen (secondary N) is 1. The first-order valence-corrected chi connectivity index (χ1v) is 5.93. The molecular weight excluding hydrogens is 204 g/mol. The maximum atomic E-state index is 5.27. The molecule has 90 valence electrons. The van der Waals surface area contributed by atoms with Crippen molar-refractivity contribution in [2.24, 2.45) is 0 Å². The van der Waals surface area contributed by atoms with Gasteiger partial charge in [0.25, 0.3) is 0 Å². The summed E-state index contributed by atoms with van der Waals surface area (Å²) in [4.78, 5) is 6.78. The molecule has 0 amide bonds. The average molecular weight is 224 g/mol. The second-order valence-corrected chi connectivity index (χ2v) is 4.49. The molecule has 1 fully saturated rings. The fourth-order valence-electron chi connectivity index (χ4n) is 2.08. The highest BCUT2D eigenvalue weighted by Gasteiger charge is 2.26. The first kappa shape index (κ1) is 11.5. The van der Waals surface area contributed by atoms with Gasteiger partial charge in [-0.05, 0) is 40.4 Å². The minimum absolute atomic E-state index is 0.121. The summed E-state index contributed by atoms with van der Waals surface area (Å²) in [7, 11) is 4.02. The first-order chi connectivity index (χ1) is 7.72. The largest absolute Gasteiger partial charge is 0.338 e. The zero-order valence-electron chi connectivity index (χ0n) is 10.2. The second-order valence-electron chi connectivity index (χ2n) is 4.49. The Kier molecular flexibility index (Phi) is 3.56. The number of nitrogens with zero attached hydrogens (tertiary/aromatic N) is 3. The average Bonchev–Trinajstić information content (AvgIpc) is 2.78. The highest BCUT2D eigenvalue weighted by Crippen LogP contribution is 2.27. The van der Waals surface area contributed by atoms with Crippen molar-refractivity contribution in [2.45, 2.75) is 38.3 Å². The van der Waals surface area contributed by atoms with Crippen molar-refractivity contribution in [3.8, 4) is 0 Å². The van der Waals surface area contributed by atoms with Crippen LogP contribution in [0.1, 0.15) is 50.0 Å². The Hall–Kier alpha value is -0.940. The van der Waals surface area contributed by atoms with Crippen LogP contribution in [0.2, 0.25) is 0 Å². The predicted molar refractivity (Wildman–Crippen MR) is 61.0 cm³/mol. The third kappa shape index (κ3) is 2.25. The third-order valence-electron chi connectivity index (χ3n) is 3.33. The first-order valence-electron chi connectivity index (χ1n) is 5.93. The minimum atomic E-state index is 0.121. The summed E-state index contributed by atoms with van der Waals surface area (Å²) in [5, 5.41) is 7.19. The fourth-order valence-corrected chi connectivity index (χ4v) is 2.08. The Bertz CT molecular complexity index is 338. The van der Waals surface area contributed by atoms with Gasteiger partial charge in [0.2, 0.25) is 5.89 Å². The van der Waals surface area contributed by atoms with Crippen molar-refractivity contribution in [1.82, 2.24) is 20.4 Å². The number of hydrogen-bond acceptors (Lipinski definition) is 5. The van der Waals surface area contributed by atoms with E-state index in [1.807, 2.05) is 14.0 Å². The highest BCUT2D eigenvalue weighted by molar-refractivity contribution is 4.98. The summed E-state index contributed by atoms with van der Waals surface area (Å²) >= 11 is 0. The molecule has 1 aliphatic rings. The van der Waals surface area contributed by atoms with E-state index in [1.54, 1.807) is 0 Å². The zero-order chi connectivity index (χ0) is 11.5. The van der Waals surface area contributed by atoms with E-state index >= 15 is 0 Å². The molecule has 2 heterocycles. The molecule has 2 atom stereocenters. The Morgan fingerprint density at radius 2 is 2.31 bits per heavy atom. The van der Waals surface area contributed by atoms with Gasteiger partial charge in [0.15, 0.2) is 5.82 Å². The highest BCUT2D eigenvalue weighted by atomic mass is 16.5. The van der Waals surface area contributed by atoms with Gasteiger partial charge in [-0.1, -0.05) is 11.6 Å². The molecule has 0 aliphatic carbocycles. The molecule has 16 heavy (non-hydrogen) atoms. The van der Waals surface area contributed by atoms with E-state index in [-0.39, 0.29) is 6.04 Å². The lowest BCUT2D eigenvalue weighted by molar-refractivity contribution is 0.175. The summed E-state index contributed by atoms with van der Waals surface area (Å²) < 4.78 is 5.27. The molecule has 0 bridgehead atoms. The van der Waals surface area contributed by atoms with Crippen LogP contribution in [-0.4, -0.2) is 35.7 Å². The normalized spacial score (nSPS) is 24.6. The quantitative estimate of drug-likeness (QED) is 0.843. The van der Waals surface area contributed by atoms with Crippen LogP contribution in [0, 0.1) is 0 Å². The van der Waals surface area contributed by atoms with Crippen LogP contribution in [0.4, 0.5) is 0 Å². The predicted octanol–water partition coefficient (Wildman–Crippen LogP) is 1.51. The van der Waals surface area contributed by atoms with E-state index in [4.69, 9.17) is 4.52 Å². The number of piperidine rings is 1. The summed E-state index contributed by atoms with van der Waals surface area (Å²) in [6.07, 6.45) is 3.65. The molecule has 1 aromatic rings. The molecule has 1 saturated heterocycles. The van der Waals surface area contributed by atoms with Gasteiger partial charge in [-0.15, -0.1) is 0 Å². The van der Waals surface area contributed by atoms with Gasteiger partial charge in [0, 0.05) is 0 Å². The number of likely N-dealkylation sites (tertiary alicyclic amines) is 1. The van der Waals surface area contributed by atoms with Crippen LogP contribution >= 0.6 is 0 Å². The van der Waals surface area contributed by atoms with Crippen LogP contribution in [-0.2, 0) is 0 Å². The Balaban J connectivity index is 2.11. The van der Waals surface area contributed by atoms with E-state index in [0.717, 1.165) is 18.8 Å². The molecule has 2 rings (SSSR count). The van der Waals surface area contributed by atoms with Crippen LogP contribution in [0.15, 0.2) is 4.52 Å². The molecule has 0 aromatic carbocycles. The lowest BCUT2D eigenvalue weighted by Gasteiger charge is -2.29. The van der Waals surface area contributed by atoms with Gasteiger partial charge < -0.3 is 9.84 Å². The molecule has 5 heteroatoms. The minimum Gasteiger partial charge on any atom is -0.338 e. The van der Waals surface area contributed by atoms with E-state index in [9.17, 15) is 0 Å². The molecule has 1 aromatic heterocycles. The van der Waals surface area contributed by atoms with Crippen molar-refractivity contribution < 1.29 is 4.52 Å². The SMILES string of the molecule is CNC(C)c1nc(C2CCCCN2C)no1. The van der Waals surface area contributed by atoms with Gasteiger partial charge >= 0.3 is 0 Å². The van der Waals surface area contributed by atoms with Crippen LogP contribution in [0.5, 0.6) is 0 Å². The smallest absolute Gasteiger partial charge is 0.243 e. The maximum absolute atomic E-state index is 5.27. The lowest BCUT2D eigenvalue weighted by Crippen LogP contribution is -2.30. The van der Waals surface area contributed by atoms with E-state index < -0.39 is 0 Å². The fraction of sp³-hybridized carbons (Fsp3) is 0.818. The van der Waals surface area contributed by atoms with Crippen molar-refractivity contribution in [2.75, 3.05) is 20.6 Å². The summed E-state index contributed by atoms with van der Waals surface area (Å²) in [5.74, 6) is 1.51. The van der Waals surface area contributed by atoms with Gasteiger partial charge in [0.1, 0.15) is 0 Å². The van der Waals surface area contributed by atoms with Crippen molar-refractivity contribution in [3.63, 3.8) is 0 Å². The number of rotatable bonds is 3. The maximum Gasteiger partial charge on any atom is 0.243 e. The van der Waals surface area contributed by atoms with Crippen molar-refractivity contribution >= 4 is 0 Å². The van der Waals surface area contributed by atoms with Gasteiger partial charge in [-0.2, -0.15) is 4.98 Å². The Morgan fingerprint density at radius 3 is 3.00 bits per heavy atom. The number of hydrogen-bond donors (Lipinski definition) is 1.